The van der Waals surface area contributed by atoms with Crippen molar-refractivity contribution in [1.29, 1.82) is 0 Å². The van der Waals surface area contributed by atoms with Gasteiger partial charge in [0.15, 0.2) is 0 Å². The summed E-state index contributed by atoms with van der Waals surface area (Å²) in [5.74, 6) is -5.20. The summed E-state index contributed by atoms with van der Waals surface area (Å²) in [6.07, 6.45) is 0.398. The highest BCUT2D eigenvalue weighted by Crippen LogP contribution is 2.23. The van der Waals surface area contributed by atoms with Crippen LogP contribution in [-0.2, 0) is 35.2 Å². The number of primary amides is 1. The minimum absolute atomic E-state index is 0.0752. The van der Waals surface area contributed by atoms with Gasteiger partial charge in [-0.15, -0.1) is 0 Å². The summed E-state index contributed by atoms with van der Waals surface area (Å²) in [4.78, 5) is 80.1. The largest absolute Gasteiger partial charge is 0.508 e. The van der Waals surface area contributed by atoms with Crippen LogP contribution in [0, 0.1) is 19.7 Å². The second-order valence-electron chi connectivity index (χ2n) is 12.8. The van der Waals surface area contributed by atoms with Crippen molar-refractivity contribution in [2.45, 2.75) is 76.2 Å². The summed E-state index contributed by atoms with van der Waals surface area (Å²) in [5, 5.41) is 23.0. The lowest BCUT2D eigenvalue weighted by molar-refractivity contribution is -0.135. The number of halogens is 1. The average Bonchev–Trinajstić information content (AvgIpc) is 3.10. The first-order valence-corrected chi connectivity index (χ1v) is 16.9. The lowest BCUT2D eigenvalue weighted by Crippen LogP contribution is -2.54. The molecule has 52 heavy (non-hydrogen) atoms. The highest BCUT2D eigenvalue weighted by atomic mass is 19.1. The zero-order valence-electron chi connectivity index (χ0n) is 28.9. The molecule has 276 valence electrons. The quantitative estimate of drug-likeness (QED) is 0.174. The standard InChI is InChI=1S/C37H44FN7O7/c1-20-16-25(46)17-21(2)26(20)18-27(39)34(49)42-28-10-6-7-15-41-30(47)19-29(33(40)48)43-36(51)31(22-8-4-3-5-9-22)45-37(52)32(44-35(28)50)23-11-13-24(38)14-12-23/h3-5,8-9,11-14,16-17,27-29,31-32,46H,6-7,10,15,18-19,39H2,1-2H3,(H2,40,48)(H,41,47)(H,42,49)(H,43,51)(H,44,50)(H,45,52)/t27-,28+,29-,31-,32-/m0/s1. The van der Waals surface area contributed by atoms with Crippen molar-refractivity contribution >= 4 is 35.4 Å². The van der Waals surface area contributed by atoms with Gasteiger partial charge in [-0.3, -0.25) is 28.8 Å². The number of carbonyl (C=O) groups is 6. The molecule has 0 radical (unpaired) electrons. The molecule has 1 fully saturated rings. The number of rotatable bonds is 7. The van der Waals surface area contributed by atoms with Crippen molar-refractivity contribution in [3.05, 3.63) is 100 Å². The fourth-order valence-corrected chi connectivity index (χ4v) is 5.96. The first-order chi connectivity index (χ1) is 24.7. The van der Waals surface area contributed by atoms with Crippen LogP contribution in [-0.4, -0.2) is 65.2 Å². The Morgan fingerprint density at radius 1 is 0.865 bits per heavy atom. The monoisotopic (exact) mass is 717 g/mol. The van der Waals surface area contributed by atoms with Gasteiger partial charge in [0, 0.05) is 6.54 Å². The minimum Gasteiger partial charge on any atom is -0.508 e. The Balaban J connectivity index is 1.67. The number of phenols is 1. The van der Waals surface area contributed by atoms with E-state index in [9.17, 15) is 38.3 Å². The summed E-state index contributed by atoms with van der Waals surface area (Å²) >= 11 is 0. The van der Waals surface area contributed by atoms with Crippen LogP contribution >= 0.6 is 0 Å². The highest BCUT2D eigenvalue weighted by Gasteiger charge is 2.34. The molecule has 14 nitrogen and oxygen atoms in total. The summed E-state index contributed by atoms with van der Waals surface area (Å²) in [6.45, 7) is 3.71. The average molecular weight is 718 g/mol. The predicted octanol–water partition coefficient (Wildman–Crippen LogP) is 0.878. The molecule has 0 bridgehead atoms. The Morgan fingerprint density at radius 2 is 1.44 bits per heavy atom. The van der Waals surface area contributed by atoms with Crippen molar-refractivity contribution in [3.63, 3.8) is 0 Å². The summed E-state index contributed by atoms with van der Waals surface area (Å²) in [5.41, 5.74) is 14.5. The van der Waals surface area contributed by atoms with E-state index in [2.05, 4.69) is 26.6 Å². The van der Waals surface area contributed by atoms with Crippen LogP contribution in [0.5, 0.6) is 5.75 Å². The van der Waals surface area contributed by atoms with Crippen LogP contribution in [0.1, 0.15) is 65.6 Å². The van der Waals surface area contributed by atoms with Crippen LogP contribution in [0.25, 0.3) is 0 Å². The van der Waals surface area contributed by atoms with E-state index in [1.54, 1.807) is 56.3 Å². The normalized spacial score (nSPS) is 21.4. The van der Waals surface area contributed by atoms with Crippen molar-refractivity contribution in [3.8, 4) is 5.75 Å². The highest BCUT2D eigenvalue weighted by molar-refractivity contribution is 5.97. The van der Waals surface area contributed by atoms with Gasteiger partial charge in [0.05, 0.1) is 12.5 Å². The first-order valence-electron chi connectivity index (χ1n) is 16.9. The molecule has 0 spiro atoms. The lowest BCUT2D eigenvalue weighted by atomic mass is 9.95. The van der Waals surface area contributed by atoms with Crippen LogP contribution in [0.15, 0.2) is 66.7 Å². The Kier molecular flexibility index (Phi) is 13.4. The number of aromatic hydroxyl groups is 1. The summed E-state index contributed by atoms with van der Waals surface area (Å²) in [6, 6.07) is 9.37. The van der Waals surface area contributed by atoms with E-state index >= 15 is 0 Å². The lowest BCUT2D eigenvalue weighted by Gasteiger charge is -2.27. The van der Waals surface area contributed by atoms with E-state index in [1.165, 1.54) is 12.1 Å². The molecule has 4 rings (SSSR count). The van der Waals surface area contributed by atoms with E-state index < -0.39 is 77.9 Å². The van der Waals surface area contributed by atoms with Crippen LogP contribution in [0.3, 0.4) is 0 Å². The third-order valence-electron chi connectivity index (χ3n) is 8.80. The minimum atomic E-state index is -1.48. The SMILES string of the molecule is Cc1cc(O)cc(C)c1C[C@H](N)C(=O)N[C@@H]1CCCCNC(=O)C[C@@H](C(N)=O)NC(=O)[C@H](c2ccccc2)NC(=O)[C@H](c2ccc(F)cc2)NC1=O. The molecule has 3 aromatic rings. The molecule has 10 N–H and O–H groups in total. The molecular weight excluding hydrogens is 673 g/mol. The molecule has 0 saturated carbocycles. The zero-order chi connectivity index (χ0) is 37.9. The number of nitrogens with two attached hydrogens (primary N) is 2. The maximum atomic E-state index is 14.0. The maximum Gasteiger partial charge on any atom is 0.248 e. The van der Waals surface area contributed by atoms with Crippen LogP contribution in [0.4, 0.5) is 4.39 Å². The molecule has 5 atom stereocenters. The van der Waals surface area contributed by atoms with Gasteiger partial charge in [0.1, 0.15) is 35.7 Å². The zero-order valence-corrected chi connectivity index (χ0v) is 28.9. The Hall–Kier alpha value is -5.83. The van der Waals surface area contributed by atoms with Gasteiger partial charge in [-0.25, -0.2) is 4.39 Å². The molecule has 1 aliphatic rings. The third kappa shape index (κ3) is 10.6. The maximum absolute atomic E-state index is 14.0. The van der Waals surface area contributed by atoms with Gasteiger partial charge in [0.25, 0.3) is 0 Å². The molecule has 0 aromatic heterocycles. The van der Waals surface area contributed by atoms with Crippen LogP contribution < -0.4 is 38.1 Å². The second-order valence-corrected chi connectivity index (χ2v) is 12.8. The van der Waals surface area contributed by atoms with Crippen molar-refractivity contribution < 1.29 is 38.3 Å². The van der Waals surface area contributed by atoms with E-state index in [-0.39, 0.29) is 30.7 Å². The third-order valence-corrected chi connectivity index (χ3v) is 8.80. The summed E-state index contributed by atoms with van der Waals surface area (Å²) in [7, 11) is 0. The fraction of sp³-hybridized carbons (Fsp3) is 0.351. The van der Waals surface area contributed by atoms with E-state index in [0.717, 1.165) is 28.8 Å². The second kappa shape index (κ2) is 17.9. The number of hydrogen-bond acceptors (Lipinski definition) is 8. The number of hydrogen-bond donors (Lipinski definition) is 8. The van der Waals surface area contributed by atoms with Gasteiger partial charge in [-0.1, -0.05) is 42.5 Å². The van der Waals surface area contributed by atoms with Crippen molar-refractivity contribution in [1.82, 2.24) is 26.6 Å². The summed E-state index contributed by atoms with van der Waals surface area (Å²) < 4.78 is 14.0. The predicted molar refractivity (Wildman–Crippen MR) is 188 cm³/mol. The van der Waals surface area contributed by atoms with E-state index in [1.807, 2.05) is 0 Å². The van der Waals surface area contributed by atoms with Gasteiger partial charge >= 0.3 is 0 Å². The van der Waals surface area contributed by atoms with E-state index in [0.29, 0.717) is 18.4 Å². The van der Waals surface area contributed by atoms with Crippen molar-refractivity contribution in [2.24, 2.45) is 11.5 Å². The molecule has 1 heterocycles. The fourth-order valence-electron chi connectivity index (χ4n) is 5.96. The molecule has 1 aliphatic heterocycles. The molecular formula is C37H44FN7O7. The molecule has 3 aromatic carbocycles. The molecule has 0 aliphatic carbocycles. The number of nitrogens with one attached hydrogen (secondary N) is 5. The van der Waals surface area contributed by atoms with Crippen molar-refractivity contribution in [2.75, 3.05) is 6.54 Å². The van der Waals surface area contributed by atoms with E-state index in [4.69, 9.17) is 11.5 Å². The number of carbonyl (C=O) groups excluding carboxylic acids is 6. The van der Waals surface area contributed by atoms with Crippen LogP contribution in [0.2, 0.25) is 0 Å². The molecule has 15 heteroatoms. The Labute approximate surface area is 300 Å². The molecule has 6 amide bonds. The van der Waals surface area contributed by atoms with Gasteiger partial charge in [-0.2, -0.15) is 0 Å². The Bertz CT molecular complexity index is 1770. The topological polar surface area (TPSA) is 235 Å². The van der Waals surface area contributed by atoms with Gasteiger partial charge in [-0.05, 0) is 91.6 Å². The number of phenolic OH excluding ortho intramolecular Hbond substituents is 1. The number of aryl methyl sites for hydroxylation is 2. The number of benzene rings is 3. The Morgan fingerprint density at radius 3 is 2.06 bits per heavy atom. The van der Waals surface area contributed by atoms with Gasteiger partial charge in [0.2, 0.25) is 35.4 Å². The molecule has 0 unspecified atom stereocenters. The number of amides is 6. The molecule has 1 saturated heterocycles. The van der Waals surface area contributed by atoms with Gasteiger partial charge < -0.3 is 43.2 Å². The first kappa shape index (κ1) is 39.0. The smallest absolute Gasteiger partial charge is 0.248 e.